The van der Waals surface area contributed by atoms with Crippen molar-refractivity contribution in [3.05, 3.63) is 12.2 Å². The molecule has 82 valence electrons. The smallest absolute Gasteiger partial charge is 0.300 e. The first kappa shape index (κ1) is 13.1. The Balaban J connectivity index is 4.19. The molecule has 0 spiro atoms. The van der Waals surface area contributed by atoms with E-state index < -0.39 is 5.97 Å². The predicted molar refractivity (Wildman–Crippen MR) is 51.6 cm³/mol. The molecule has 0 heterocycles. The van der Waals surface area contributed by atoms with E-state index >= 15 is 0 Å². The number of nitrogens with one attached hydrogen (secondary N) is 1. The van der Waals surface area contributed by atoms with E-state index in [1.807, 2.05) is 0 Å². The summed E-state index contributed by atoms with van der Waals surface area (Å²) in [5.74, 6) is -1.49. The van der Waals surface area contributed by atoms with Crippen molar-refractivity contribution in [1.82, 2.24) is 5.32 Å². The number of methoxy groups -OCH3 is 3. The molecule has 1 amide bonds. The third-order valence-electron chi connectivity index (χ3n) is 1.79. The Morgan fingerprint density at radius 1 is 1.29 bits per heavy atom. The van der Waals surface area contributed by atoms with E-state index in [-0.39, 0.29) is 12.5 Å². The highest BCUT2D eigenvalue weighted by molar-refractivity contribution is 5.92. The van der Waals surface area contributed by atoms with Crippen LogP contribution in [-0.4, -0.2) is 39.8 Å². The van der Waals surface area contributed by atoms with Gasteiger partial charge in [0.25, 0.3) is 0 Å². The molecular formula is C9H17NO4. The predicted octanol–water partition coefficient (Wildman–Crippen LogP) is 0.272. The van der Waals surface area contributed by atoms with E-state index in [9.17, 15) is 4.79 Å². The molecule has 0 aliphatic heterocycles. The molecule has 0 aliphatic rings. The summed E-state index contributed by atoms with van der Waals surface area (Å²) in [5, 5.41) is 2.56. The zero-order valence-corrected chi connectivity index (χ0v) is 9.05. The zero-order chi connectivity index (χ0) is 11.2. The van der Waals surface area contributed by atoms with E-state index in [1.165, 1.54) is 21.3 Å². The van der Waals surface area contributed by atoms with Gasteiger partial charge in [0.15, 0.2) is 0 Å². The SMILES string of the molecule is C=C(C)C(=O)NCC(OC)(OC)OC. The van der Waals surface area contributed by atoms with Crippen molar-refractivity contribution >= 4 is 5.91 Å². The number of hydrogen-bond acceptors (Lipinski definition) is 4. The Morgan fingerprint density at radius 3 is 2.00 bits per heavy atom. The van der Waals surface area contributed by atoms with Gasteiger partial charge in [0.2, 0.25) is 5.91 Å². The van der Waals surface area contributed by atoms with E-state index in [1.54, 1.807) is 6.92 Å². The fraction of sp³-hybridized carbons (Fsp3) is 0.667. The van der Waals surface area contributed by atoms with Crippen molar-refractivity contribution in [3.8, 4) is 0 Å². The molecule has 5 nitrogen and oxygen atoms in total. The van der Waals surface area contributed by atoms with Crippen molar-refractivity contribution < 1.29 is 19.0 Å². The van der Waals surface area contributed by atoms with Crippen LogP contribution >= 0.6 is 0 Å². The molecule has 14 heavy (non-hydrogen) atoms. The summed E-state index contributed by atoms with van der Waals surface area (Å²) < 4.78 is 14.9. The molecule has 5 heteroatoms. The Labute approximate surface area is 84.0 Å². The van der Waals surface area contributed by atoms with Crippen molar-refractivity contribution in [2.24, 2.45) is 0 Å². The summed E-state index contributed by atoms with van der Waals surface area (Å²) in [6.07, 6.45) is 0. The Hall–Kier alpha value is -0.910. The van der Waals surface area contributed by atoms with Crippen LogP contribution in [0.15, 0.2) is 12.2 Å². The highest BCUT2D eigenvalue weighted by Gasteiger charge is 2.29. The topological polar surface area (TPSA) is 56.8 Å². The molecule has 0 aromatic rings. The van der Waals surface area contributed by atoms with Crippen LogP contribution in [0.3, 0.4) is 0 Å². The average Bonchev–Trinajstić information content (AvgIpc) is 2.20. The van der Waals surface area contributed by atoms with Gasteiger partial charge in [-0.2, -0.15) is 0 Å². The lowest BCUT2D eigenvalue weighted by Gasteiger charge is -2.28. The molecule has 0 aliphatic carbocycles. The van der Waals surface area contributed by atoms with Crippen LogP contribution < -0.4 is 5.32 Å². The van der Waals surface area contributed by atoms with Gasteiger partial charge < -0.3 is 19.5 Å². The molecule has 0 saturated carbocycles. The first-order valence-corrected chi connectivity index (χ1v) is 4.10. The van der Waals surface area contributed by atoms with Crippen molar-refractivity contribution in [3.63, 3.8) is 0 Å². The van der Waals surface area contributed by atoms with Crippen molar-refractivity contribution in [2.45, 2.75) is 12.9 Å². The van der Waals surface area contributed by atoms with Gasteiger partial charge in [0, 0.05) is 26.9 Å². The van der Waals surface area contributed by atoms with E-state index in [4.69, 9.17) is 14.2 Å². The van der Waals surface area contributed by atoms with Crippen molar-refractivity contribution in [1.29, 1.82) is 0 Å². The lowest BCUT2D eigenvalue weighted by molar-refractivity contribution is -0.346. The molecule has 0 saturated heterocycles. The number of carbonyl (C=O) groups excluding carboxylic acids is 1. The summed E-state index contributed by atoms with van der Waals surface area (Å²) in [7, 11) is 4.29. The molecule has 0 rings (SSSR count). The highest BCUT2D eigenvalue weighted by atomic mass is 16.9. The van der Waals surface area contributed by atoms with Crippen molar-refractivity contribution in [2.75, 3.05) is 27.9 Å². The quantitative estimate of drug-likeness (QED) is 0.497. The molecule has 0 radical (unpaired) electrons. The minimum absolute atomic E-state index is 0.0994. The largest absolute Gasteiger partial charge is 0.344 e. The number of amides is 1. The Kier molecular flexibility index (Phi) is 5.37. The molecule has 0 unspecified atom stereocenters. The normalized spacial score (nSPS) is 11.1. The number of hydrogen-bond donors (Lipinski definition) is 1. The van der Waals surface area contributed by atoms with Crippen LogP contribution in [0.4, 0.5) is 0 Å². The first-order valence-electron chi connectivity index (χ1n) is 4.10. The van der Waals surface area contributed by atoms with Gasteiger partial charge in [-0.3, -0.25) is 4.79 Å². The van der Waals surface area contributed by atoms with Gasteiger partial charge in [0.05, 0.1) is 6.54 Å². The fourth-order valence-electron chi connectivity index (χ4n) is 0.806. The van der Waals surface area contributed by atoms with Crippen LogP contribution in [0.1, 0.15) is 6.92 Å². The highest BCUT2D eigenvalue weighted by Crippen LogP contribution is 2.10. The lowest BCUT2D eigenvalue weighted by atomic mass is 10.3. The van der Waals surface area contributed by atoms with E-state index in [0.29, 0.717) is 5.57 Å². The third kappa shape index (κ3) is 3.45. The second-order valence-electron chi connectivity index (χ2n) is 2.76. The molecular weight excluding hydrogens is 186 g/mol. The zero-order valence-electron chi connectivity index (χ0n) is 9.05. The van der Waals surface area contributed by atoms with Crippen LogP contribution in [-0.2, 0) is 19.0 Å². The van der Waals surface area contributed by atoms with Crippen LogP contribution in [0, 0.1) is 0 Å². The maximum Gasteiger partial charge on any atom is 0.300 e. The molecule has 1 N–H and O–H groups in total. The third-order valence-corrected chi connectivity index (χ3v) is 1.79. The van der Waals surface area contributed by atoms with Gasteiger partial charge in [-0.25, -0.2) is 0 Å². The number of rotatable bonds is 6. The number of carbonyl (C=O) groups is 1. The maximum absolute atomic E-state index is 11.2. The second-order valence-corrected chi connectivity index (χ2v) is 2.76. The first-order chi connectivity index (χ1) is 6.51. The lowest BCUT2D eigenvalue weighted by Crippen LogP contribution is -2.47. The molecule has 0 aromatic heterocycles. The number of ether oxygens (including phenoxy) is 3. The Bertz CT molecular complexity index is 203. The van der Waals surface area contributed by atoms with Gasteiger partial charge in [-0.05, 0) is 6.92 Å². The summed E-state index contributed by atoms with van der Waals surface area (Å²) in [6, 6.07) is 0. The Morgan fingerprint density at radius 2 is 1.71 bits per heavy atom. The summed E-state index contributed by atoms with van der Waals surface area (Å²) >= 11 is 0. The van der Waals surface area contributed by atoms with Gasteiger partial charge in [-0.15, -0.1) is 0 Å². The van der Waals surface area contributed by atoms with Crippen LogP contribution in [0.5, 0.6) is 0 Å². The molecule has 0 aromatic carbocycles. The minimum atomic E-state index is -1.23. The fourth-order valence-corrected chi connectivity index (χ4v) is 0.806. The summed E-state index contributed by atoms with van der Waals surface area (Å²) in [6.45, 7) is 5.21. The van der Waals surface area contributed by atoms with Crippen LogP contribution in [0.2, 0.25) is 0 Å². The summed E-state index contributed by atoms with van der Waals surface area (Å²) in [4.78, 5) is 11.2. The van der Waals surface area contributed by atoms with Gasteiger partial charge in [0.1, 0.15) is 0 Å². The summed E-state index contributed by atoms with van der Waals surface area (Å²) in [5.41, 5.74) is 0.419. The molecule has 0 fully saturated rings. The molecule has 0 atom stereocenters. The second kappa shape index (κ2) is 5.74. The van der Waals surface area contributed by atoms with Gasteiger partial charge >= 0.3 is 5.97 Å². The average molecular weight is 203 g/mol. The van der Waals surface area contributed by atoms with E-state index in [2.05, 4.69) is 11.9 Å². The minimum Gasteiger partial charge on any atom is -0.344 e. The monoisotopic (exact) mass is 203 g/mol. The molecule has 0 bridgehead atoms. The van der Waals surface area contributed by atoms with Crippen LogP contribution in [0.25, 0.3) is 0 Å². The van der Waals surface area contributed by atoms with E-state index in [0.717, 1.165) is 0 Å². The standard InChI is InChI=1S/C9H17NO4/c1-7(2)8(11)10-6-9(12-3,13-4)14-5/h1,6H2,2-5H3,(H,10,11). The maximum atomic E-state index is 11.2. The van der Waals surface area contributed by atoms with Gasteiger partial charge in [-0.1, -0.05) is 6.58 Å².